The molecule has 4 nitrogen and oxygen atoms in total. The summed E-state index contributed by atoms with van der Waals surface area (Å²) in [5, 5.41) is 0. The van der Waals surface area contributed by atoms with Crippen LogP contribution in [0.25, 0.3) is 0 Å². The standard InChI is InChI=1S/C5H11N3O/c1-8-4(6)2-3-5(7)9/h2-3H2,1H3,(H2,6,8)(H2,7,9). The van der Waals surface area contributed by atoms with Gasteiger partial charge in [-0.05, 0) is 0 Å². The van der Waals surface area contributed by atoms with Gasteiger partial charge in [-0.1, -0.05) is 0 Å². The first kappa shape index (κ1) is 7.94. The molecule has 0 unspecified atom stereocenters. The first-order chi connectivity index (χ1) is 4.16. The van der Waals surface area contributed by atoms with E-state index >= 15 is 0 Å². The molecule has 0 aliphatic rings. The third-order valence-electron chi connectivity index (χ3n) is 0.915. The number of hydrogen-bond acceptors (Lipinski definition) is 2. The van der Waals surface area contributed by atoms with E-state index in [1.165, 1.54) is 0 Å². The van der Waals surface area contributed by atoms with Crippen molar-refractivity contribution in [1.29, 1.82) is 0 Å². The number of primary amides is 1. The van der Waals surface area contributed by atoms with E-state index in [2.05, 4.69) is 4.99 Å². The summed E-state index contributed by atoms with van der Waals surface area (Å²) in [6, 6.07) is 0. The van der Waals surface area contributed by atoms with E-state index in [1.54, 1.807) is 7.05 Å². The highest BCUT2D eigenvalue weighted by Gasteiger charge is 1.94. The van der Waals surface area contributed by atoms with Crippen molar-refractivity contribution in [3.63, 3.8) is 0 Å². The van der Waals surface area contributed by atoms with Crippen LogP contribution in [0.3, 0.4) is 0 Å². The lowest BCUT2D eigenvalue weighted by Gasteiger charge is -1.93. The van der Waals surface area contributed by atoms with Crippen molar-refractivity contribution < 1.29 is 4.79 Å². The van der Waals surface area contributed by atoms with Crippen LogP contribution in [0.4, 0.5) is 0 Å². The second kappa shape index (κ2) is 3.88. The molecule has 0 aromatic rings. The number of carbonyl (C=O) groups is 1. The Balaban J connectivity index is 3.39. The van der Waals surface area contributed by atoms with E-state index in [0.717, 1.165) is 0 Å². The molecule has 9 heavy (non-hydrogen) atoms. The topological polar surface area (TPSA) is 81.5 Å². The zero-order valence-electron chi connectivity index (χ0n) is 5.42. The van der Waals surface area contributed by atoms with Gasteiger partial charge in [0.25, 0.3) is 0 Å². The van der Waals surface area contributed by atoms with Crippen LogP contribution in [-0.4, -0.2) is 18.8 Å². The molecule has 4 heteroatoms. The predicted molar refractivity (Wildman–Crippen MR) is 36.0 cm³/mol. The lowest BCUT2D eigenvalue weighted by atomic mass is 10.3. The molecule has 0 aromatic carbocycles. The van der Waals surface area contributed by atoms with Crippen molar-refractivity contribution in [3.05, 3.63) is 0 Å². The van der Waals surface area contributed by atoms with Crippen LogP contribution in [0.15, 0.2) is 4.99 Å². The van der Waals surface area contributed by atoms with Crippen molar-refractivity contribution in [1.82, 2.24) is 0 Å². The van der Waals surface area contributed by atoms with Gasteiger partial charge in [0, 0.05) is 19.9 Å². The molecule has 0 aliphatic carbocycles. The van der Waals surface area contributed by atoms with Gasteiger partial charge in [0.15, 0.2) is 0 Å². The van der Waals surface area contributed by atoms with Gasteiger partial charge in [-0.15, -0.1) is 0 Å². The van der Waals surface area contributed by atoms with Crippen molar-refractivity contribution in [2.45, 2.75) is 12.8 Å². The third-order valence-corrected chi connectivity index (χ3v) is 0.915. The maximum absolute atomic E-state index is 10.1. The fourth-order valence-corrected chi connectivity index (χ4v) is 0.363. The lowest BCUT2D eigenvalue weighted by Crippen LogP contribution is -2.17. The Labute approximate surface area is 53.9 Å². The highest BCUT2D eigenvalue weighted by atomic mass is 16.1. The summed E-state index contributed by atoms with van der Waals surface area (Å²) in [5.41, 5.74) is 10.1. The molecule has 0 atom stereocenters. The predicted octanol–water partition coefficient (Wildman–Crippen LogP) is -0.761. The Kier molecular flexibility index (Phi) is 3.43. The summed E-state index contributed by atoms with van der Waals surface area (Å²) < 4.78 is 0. The lowest BCUT2D eigenvalue weighted by molar-refractivity contribution is -0.117. The van der Waals surface area contributed by atoms with Crippen molar-refractivity contribution in [3.8, 4) is 0 Å². The minimum atomic E-state index is -0.346. The fourth-order valence-electron chi connectivity index (χ4n) is 0.363. The fraction of sp³-hybridized carbons (Fsp3) is 0.600. The minimum Gasteiger partial charge on any atom is -0.387 e. The number of carbonyl (C=O) groups excluding carboxylic acids is 1. The SMILES string of the molecule is CN=C(N)CCC(N)=O. The van der Waals surface area contributed by atoms with Crippen molar-refractivity contribution in [2.24, 2.45) is 16.5 Å². The summed E-state index contributed by atoms with van der Waals surface area (Å²) in [4.78, 5) is 13.8. The Hall–Kier alpha value is -1.06. The normalized spacial score (nSPS) is 11.4. The Morgan fingerprint density at radius 2 is 2.00 bits per heavy atom. The van der Waals surface area contributed by atoms with Crippen molar-refractivity contribution >= 4 is 11.7 Å². The molecule has 0 aliphatic heterocycles. The van der Waals surface area contributed by atoms with Crippen LogP contribution in [0.2, 0.25) is 0 Å². The number of nitrogens with two attached hydrogens (primary N) is 2. The van der Waals surface area contributed by atoms with Gasteiger partial charge in [0.2, 0.25) is 5.91 Å². The number of aliphatic imine (C=N–C) groups is 1. The quantitative estimate of drug-likeness (QED) is 0.388. The molecule has 0 radical (unpaired) electrons. The van der Waals surface area contributed by atoms with Crippen LogP contribution >= 0.6 is 0 Å². The molecule has 1 amide bonds. The Morgan fingerprint density at radius 3 is 2.33 bits per heavy atom. The Morgan fingerprint density at radius 1 is 1.44 bits per heavy atom. The Bertz CT molecular complexity index is 130. The monoisotopic (exact) mass is 129 g/mol. The van der Waals surface area contributed by atoms with Gasteiger partial charge >= 0.3 is 0 Å². The maximum atomic E-state index is 10.1. The summed E-state index contributed by atoms with van der Waals surface area (Å²) in [7, 11) is 1.58. The second-order valence-corrected chi connectivity index (χ2v) is 1.68. The van der Waals surface area contributed by atoms with Gasteiger partial charge in [0.05, 0.1) is 5.84 Å². The van der Waals surface area contributed by atoms with Gasteiger partial charge in [0.1, 0.15) is 0 Å². The molecule has 0 aromatic heterocycles. The highest BCUT2D eigenvalue weighted by Crippen LogP contribution is 1.85. The molecule has 0 bridgehead atoms. The highest BCUT2D eigenvalue weighted by molar-refractivity contribution is 5.85. The molecule has 0 saturated carbocycles. The maximum Gasteiger partial charge on any atom is 0.217 e. The number of amides is 1. The molecule has 0 heterocycles. The minimum absolute atomic E-state index is 0.281. The van der Waals surface area contributed by atoms with Gasteiger partial charge in [-0.2, -0.15) is 0 Å². The average Bonchev–Trinajstić information content (AvgIpc) is 1.83. The van der Waals surface area contributed by atoms with E-state index in [-0.39, 0.29) is 12.3 Å². The summed E-state index contributed by atoms with van der Waals surface area (Å²) >= 11 is 0. The first-order valence-electron chi connectivity index (χ1n) is 2.66. The zero-order chi connectivity index (χ0) is 7.28. The largest absolute Gasteiger partial charge is 0.387 e. The van der Waals surface area contributed by atoms with Crippen LogP contribution < -0.4 is 11.5 Å². The number of hydrogen-bond donors (Lipinski definition) is 2. The van der Waals surface area contributed by atoms with Gasteiger partial charge < -0.3 is 11.5 Å². The van der Waals surface area contributed by atoms with E-state index in [0.29, 0.717) is 12.3 Å². The first-order valence-corrected chi connectivity index (χ1v) is 2.66. The summed E-state index contributed by atoms with van der Waals surface area (Å²) in [6.07, 6.45) is 0.745. The van der Waals surface area contributed by atoms with E-state index in [1.807, 2.05) is 0 Å². The number of rotatable bonds is 3. The van der Waals surface area contributed by atoms with E-state index in [9.17, 15) is 4.79 Å². The van der Waals surface area contributed by atoms with E-state index < -0.39 is 0 Å². The molecule has 0 spiro atoms. The van der Waals surface area contributed by atoms with Crippen LogP contribution in [-0.2, 0) is 4.79 Å². The van der Waals surface area contributed by atoms with Crippen molar-refractivity contribution in [2.75, 3.05) is 7.05 Å². The molecular formula is C5H11N3O. The van der Waals surface area contributed by atoms with Gasteiger partial charge in [-0.3, -0.25) is 9.79 Å². The van der Waals surface area contributed by atoms with Crippen LogP contribution in [0.5, 0.6) is 0 Å². The third kappa shape index (κ3) is 4.80. The van der Waals surface area contributed by atoms with E-state index in [4.69, 9.17) is 11.5 Å². The molecule has 0 saturated heterocycles. The molecule has 0 fully saturated rings. The molecule has 52 valence electrons. The van der Waals surface area contributed by atoms with Crippen LogP contribution in [0.1, 0.15) is 12.8 Å². The van der Waals surface area contributed by atoms with Gasteiger partial charge in [-0.25, -0.2) is 0 Å². The average molecular weight is 129 g/mol. The smallest absolute Gasteiger partial charge is 0.217 e. The van der Waals surface area contributed by atoms with Crippen LogP contribution in [0, 0.1) is 0 Å². The number of nitrogens with zero attached hydrogens (tertiary/aromatic N) is 1. The number of amidine groups is 1. The molecule has 0 rings (SSSR count). The summed E-state index contributed by atoms with van der Waals surface area (Å²) in [5.74, 6) is 0.121. The zero-order valence-corrected chi connectivity index (χ0v) is 5.42. The second-order valence-electron chi connectivity index (χ2n) is 1.68. The molecule has 4 N–H and O–H groups in total. The summed E-state index contributed by atoms with van der Waals surface area (Å²) in [6.45, 7) is 0. The molecular weight excluding hydrogens is 118 g/mol.